The quantitative estimate of drug-likeness (QED) is 0.636. The summed E-state index contributed by atoms with van der Waals surface area (Å²) in [5, 5.41) is 14.8. The SMILES string of the molecule is CCC(CCO)NS(=O)(=O)c1cn[nH]c1. The maximum Gasteiger partial charge on any atom is 0.243 e. The number of aromatic amines is 1. The molecule has 0 amide bonds. The van der Waals surface area contributed by atoms with Crippen LogP contribution in [0.15, 0.2) is 17.3 Å². The van der Waals surface area contributed by atoms with Crippen LogP contribution >= 0.6 is 0 Å². The predicted octanol–water partition coefficient (Wildman–Crippen LogP) is -0.151. The molecule has 1 rings (SSSR count). The van der Waals surface area contributed by atoms with E-state index in [1.165, 1.54) is 12.4 Å². The molecule has 0 aliphatic carbocycles. The van der Waals surface area contributed by atoms with E-state index < -0.39 is 10.0 Å². The minimum Gasteiger partial charge on any atom is -0.396 e. The highest BCUT2D eigenvalue weighted by molar-refractivity contribution is 7.89. The zero-order chi connectivity index (χ0) is 11.3. The van der Waals surface area contributed by atoms with Crippen LogP contribution in [0.25, 0.3) is 0 Å². The highest BCUT2D eigenvalue weighted by Gasteiger charge is 2.19. The first-order chi connectivity index (χ1) is 7.10. The summed E-state index contributed by atoms with van der Waals surface area (Å²) in [6, 6.07) is -0.241. The van der Waals surface area contributed by atoms with Crippen LogP contribution in [0.3, 0.4) is 0 Å². The van der Waals surface area contributed by atoms with Gasteiger partial charge in [0.2, 0.25) is 10.0 Å². The smallest absolute Gasteiger partial charge is 0.243 e. The van der Waals surface area contributed by atoms with Crippen molar-refractivity contribution in [2.45, 2.75) is 30.7 Å². The van der Waals surface area contributed by atoms with Crippen LogP contribution in [-0.2, 0) is 10.0 Å². The van der Waals surface area contributed by atoms with E-state index in [9.17, 15) is 8.42 Å². The van der Waals surface area contributed by atoms with Crippen LogP contribution in [-0.4, -0.2) is 36.4 Å². The van der Waals surface area contributed by atoms with Gasteiger partial charge < -0.3 is 5.11 Å². The first kappa shape index (κ1) is 12.2. The van der Waals surface area contributed by atoms with E-state index in [1.807, 2.05) is 6.92 Å². The van der Waals surface area contributed by atoms with Gasteiger partial charge in [-0.3, -0.25) is 5.10 Å². The number of H-pyrrole nitrogens is 1. The third kappa shape index (κ3) is 3.29. The maximum atomic E-state index is 11.7. The Balaban J connectivity index is 2.72. The number of hydrogen-bond donors (Lipinski definition) is 3. The second kappa shape index (κ2) is 5.24. The number of sulfonamides is 1. The van der Waals surface area contributed by atoms with E-state index in [0.717, 1.165) is 0 Å². The summed E-state index contributed by atoms with van der Waals surface area (Å²) in [6.07, 6.45) is 3.60. The Labute approximate surface area is 88.8 Å². The lowest BCUT2D eigenvalue weighted by Gasteiger charge is -2.14. The molecule has 1 aromatic heterocycles. The van der Waals surface area contributed by atoms with Crippen LogP contribution < -0.4 is 4.72 Å². The van der Waals surface area contributed by atoms with Crippen molar-refractivity contribution in [1.29, 1.82) is 0 Å². The molecule has 3 N–H and O–H groups in total. The van der Waals surface area contributed by atoms with Crippen molar-refractivity contribution in [2.24, 2.45) is 0 Å². The molecule has 0 radical (unpaired) electrons. The van der Waals surface area contributed by atoms with Crippen LogP contribution in [0.1, 0.15) is 19.8 Å². The van der Waals surface area contributed by atoms with Gasteiger partial charge in [0.15, 0.2) is 0 Å². The van der Waals surface area contributed by atoms with Crippen molar-refractivity contribution in [3.63, 3.8) is 0 Å². The predicted molar refractivity (Wildman–Crippen MR) is 54.7 cm³/mol. The maximum absolute atomic E-state index is 11.7. The molecule has 7 heteroatoms. The number of aliphatic hydroxyl groups excluding tert-OH is 1. The zero-order valence-electron chi connectivity index (χ0n) is 8.47. The van der Waals surface area contributed by atoms with Gasteiger partial charge >= 0.3 is 0 Å². The Hall–Kier alpha value is -0.920. The van der Waals surface area contributed by atoms with E-state index in [4.69, 9.17) is 5.11 Å². The Morgan fingerprint density at radius 2 is 2.40 bits per heavy atom. The van der Waals surface area contributed by atoms with E-state index in [1.54, 1.807) is 0 Å². The molecule has 15 heavy (non-hydrogen) atoms. The number of hydrogen-bond acceptors (Lipinski definition) is 4. The van der Waals surface area contributed by atoms with Crippen LogP contribution in [0.4, 0.5) is 0 Å². The van der Waals surface area contributed by atoms with E-state index in [-0.39, 0.29) is 17.5 Å². The van der Waals surface area contributed by atoms with Crippen molar-refractivity contribution >= 4 is 10.0 Å². The lowest BCUT2D eigenvalue weighted by Crippen LogP contribution is -2.34. The molecule has 0 saturated heterocycles. The summed E-state index contributed by atoms with van der Waals surface area (Å²) in [7, 11) is -3.51. The summed E-state index contributed by atoms with van der Waals surface area (Å²) in [4.78, 5) is 0.110. The summed E-state index contributed by atoms with van der Waals surface area (Å²) < 4.78 is 25.9. The monoisotopic (exact) mass is 233 g/mol. The Bertz CT molecular complexity index is 374. The Kier molecular flexibility index (Phi) is 4.25. The lowest BCUT2D eigenvalue weighted by atomic mass is 10.2. The minimum absolute atomic E-state index is 0.0353. The molecule has 0 aliphatic rings. The fraction of sp³-hybridized carbons (Fsp3) is 0.625. The Morgan fingerprint density at radius 1 is 1.67 bits per heavy atom. The van der Waals surface area contributed by atoms with Gasteiger partial charge in [0.05, 0.1) is 6.20 Å². The molecule has 1 unspecified atom stereocenters. The molecule has 0 bridgehead atoms. The van der Waals surface area contributed by atoms with E-state index in [2.05, 4.69) is 14.9 Å². The first-order valence-corrected chi connectivity index (χ1v) is 6.20. The lowest BCUT2D eigenvalue weighted by molar-refractivity contribution is 0.270. The number of aromatic nitrogens is 2. The second-order valence-electron chi connectivity index (χ2n) is 3.17. The molecule has 0 spiro atoms. The molecule has 0 aliphatic heterocycles. The number of nitrogens with one attached hydrogen (secondary N) is 2. The molecule has 1 heterocycles. The molecule has 0 aromatic carbocycles. The summed E-state index contributed by atoms with van der Waals surface area (Å²) >= 11 is 0. The van der Waals surface area contributed by atoms with Gasteiger partial charge in [0, 0.05) is 18.8 Å². The largest absolute Gasteiger partial charge is 0.396 e. The molecular weight excluding hydrogens is 218 g/mol. The molecule has 86 valence electrons. The number of nitrogens with zero attached hydrogens (tertiary/aromatic N) is 1. The van der Waals surface area contributed by atoms with Crippen molar-refractivity contribution in [2.75, 3.05) is 6.61 Å². The van der Waals surface area contributed by atoms with Crippen molar-refractivity contribution in [1.82, 2.24) is 14.9 Å². The van der Waals surface area contributed by atoms with Crippen LogP contribution in [0, 0.1) is 0 Å². The highest BCUT2D eigenvalue weighted by atomic mass is 32.2. The fourth-order valence-corrected chi connectivity index (χ4v) is 2.43. The van der Waals surface area contributed by atoms with Gasteiger partial charge in [-0.1, -0.05) is 6.92 Å². The Morgan fingerprint density at radius 3 is 2.87 bits per heavy atom. The molecule has 1 aromatic rings. The average Bonchev–Trinajstić information content (AvgIpc) is 2.70. The highest BCUT2D eigenvalue weighted by Crippen LogP contribution is 2.08. The van der Waals surface area contributed by atoms with Crippen LogP contribution in [0.5, 0.6) is 0 Å². The normalized spacial score (nSPS) is 14.0. The van der Waals surface area contributed by atoms with Gasteiger partial charge in [0.1, 0.15) is 4.90 Å². The van der Waals surface area contributed by atoms with Gasteiger partial charge in [0.25, 0.3) is 0 Å². The molecule has 1 atom stereocenters. The van der Waals surface area contributed by atoms with Gasteiger partial charge in [-0.05, 0) is 12.8 Å². The van der Waals surface area contributed by atoms with Gasteiger partial charge in [-0.15, -0.1) is 0 Å². The molecule has 6 nitrogen and oxygen atoms in total. The fourth-order valence-electron chi connectivity index (χ4n) is 1.18. The van der Waals surface area contributed by atoms with Gasteiger partial charge in [-0.25, -0.2) is 13.1 Å². The summed E-state index contributed by atoms with van der Waals surface area (Å²) in [5.74, 6) is 0. The molecular formula is C8H15N3O3S. The van der Waals surface area contributed by atoms with Crippen molar-refractivity contribution < 1.29 is 13.5 Å². The summed E-state index contributed by atoms with van der Waals surface area (Å²) in [5.41, 5.74) is 0. The van der Waals surface area contributed by atoms with Gasteiger partial charge in [-0.2, -0.15) is 5.10 Å². The number of rotatable bonds is 6. The third-order valence-corrected chi connectivity index (χ3v) is 3.56. The third-order valence-electron chi connectivity index (χ3n) is 2.08. The topological polar surface area (TPSA) is 95.1 Å². The standard InChI is InChI=1S/C8H15N3O3S/c1-2-7(3-4-12)11-15(13,14)8-5-9-10-6-8/h5-7,11-12H,2-4H2,1H3,(H,9,10). The van der Waals surface area contributed by atoms with Crippen molar-refractivity contribution in [3.8, 4) is 0 Å². The molecule has 0 saturated carbocycles. The van der Waals surface area contributed by atoms with E-state index >= 15 is 0 Å². The minimum atomic E-state index is -3.51. The van der Waals surface area contributed by atoms with Crippen molar-refractivity contribution in [3.05, 3.63) is 12.4 Å². The van der Waals surface area contributed by atoms with E-state index in [0.29, 0.717) is 12.8 Å². The first-order valence-electron chi connectivity index (χ1n) is 4.72. The second-order valence-corrected chi connectivity index (χ2v) is 4.89. The number of aliphatic hydroxyl groups is 1. The molecule has 0 fully saturated rings. The zero-order valence-corrected chi connectivity index (χ0v) is 9.29. The average molecular weight is 233 g/mol. The van der Waals surface area contributed by atoms with Crippen LogP contribution in [0.2, 0.25) is 0 Å². The summed E-state index contributed by atoms with van der Waals surface area (Å²) in [6.45, 7) is 1.82.